The lowest BCUT2D eigenvalue weighted by atomic mass is 10.0. The molecule has 8 nitrogen and oxygen atoms in total. The molecule has 1 aliphatic carbocycles. The molecule has 2 atom stereocenters. The Kier molecular flexibility index (Phi) is 7.43. The summed E-state index contributed by atoms with van der Waals surface area (Å²) >= 11 is 0. The molecule has 8 heteroatoms. The van der Waals surface area contributed by atoms with Gasteiger partial charge in [-0.15, -0.1) is 0 Å². The number of ether oxygens (including phenoxy) is 2. The number of aromatic nitrogens is 2. The lowest BCUT2D eigenvalue weighted by molar-refractivity contribution is 0.0981. The monoisotopic (exact) mass is 442 g/mol. The Morgan fingerprint density at radius 2 is 1.88 bits per heavy atom. The molecule has 0 bridgehead atoms. The fourth-order valence-corrected chi connectivity index (χ4v) is 3.80. The first kappa shape index (κ1) is 23.6. The Morgan fingerprint density at radius 3 is 2.53 bits per heavy atom. The maximum absolute atomic E-state index is 12.4. The van der Waals surface area contributed by atoms with Gasteiger partial charge < -0.3 is 14.8 Å². The molecule has 0 radical (unpaired) electrons. The van der Waals surface area contributed by atoms with Gasteiger partial charge in [0.05, 0.1) is 11.2 Å². The third-order valence-electron chi connectivity index (χ3n) is 5.29. The van der Waals surface area contributed by atoms with Crippen molar-refractivity contribution in [3.63, 3.8) is 0 Å². The minimum Gasteiger partial charge on any atom is -0.446 e. The van der Waals surface area contributed by atoms with Gasteiger partial charge in [0.15, 0.2) is 0 Å². The van der Waals surface area contributed by atoms with Gasteiger partial charge in [0.25, 0.3) is 0 Å². The average molecular weight is 443 g/mol. The minimum atomic E-state index is -0.524. The summed E-state index contributed by atoms with van der Waals surface area (Å²) in [5.74, 6) is 0.754. The molecule has 0 unspecified atom stereocenters. The molecular formula is C24H34N4O4. The van der Waals surface area contributed by atoms with Crippen LogP contribution < -0.4 is 10.6 Å². The number of carbonyl (C=O) groups excluding carboxylic acids is 2. The molecule has 32 heavy (non-hydrogen) atoms. The molecule has 1 aliphatic rings. The molecule has 1 saturated carbocycles. The Balaban J connectivity index is 1.64. The van der Waals surface area contributed by atoms with Crippen molar-refractivity contribution in [3.8, 4) is 0 Å². The van der Waals surface area contributed by atoms with E-state index in [4.69, 9.17) is 14.6 Å². The van der Waals surface area contributed by atoms with Crippen LogP contribution in [0.3, 0.4) is 0 Å². The van der Waals surface area contributed by atoms with Crippen molar-refractivity contribution in [2.24, 2.45) is 0 Å². The fraction of sp³-hybridized carbons (Fsp3) is 0.542. The Labute approximate surface area is 189 Å². The van der Waals surface area contributed by atoms with Crippen molar-refractivity contribution >= 4 is 18.0 Å². The standard InChI is InChI=1S/C24H34N4O4/c1-16(2)25-23(30)32-19-12-11-18(13-19)20-14-21(28(27-20)24(3,4)5)26-22(29)31-15-17-9-7-6-8-10-17/h6-10,14,16,18-19H,11-13,15H2,1-5H3,(H,25,30)(H,26,29)/t18-,19+/m1/s1. The number of benzene rings is 1. The Hall–Kier alpha value is -3.03. The summed E-state index contributed by atoms with van der Waals surface area (Å²) in [6.07, 6.45) is 1.34. The molecule has 2 amide bonds. The Morgan fingerprint density at radius 1 is 1.16 bits per heavy atom. The molecule has 1 heterocycles. The van der Waals surface area contributed by atoms with Crippen LogP contribution in [0.4, 0.5) is 15.4 Å². The van der Waals surface area contributed by atoms with E-state index >= 15 is 0 Å². The molecular weight excluding hydrogens is 408 g/mol. The summed E-state index contributed by atoms with van der Waals surface area (Å²) in [4.78, 5) is 24.3. The zero-order chi connectivity index (χ0) is 23.3. The molecule has 2 aromatic rings. The van der Waals surface area contributed by atoms with Crippen molar-refractivity contribution in [2.45, 2.75) is 84.1 Å². The highest BCUT2D eigenvalue weighted by molar-refractivity contribution is 5.83. The van der Waals surface area contributed by atoms with Crippen LogP contribution in [-0.4, -0.2) is 34.1 Å². The molecule has 0 aliphatic heterocycles. The summed E-state index contributed by atoms with van der Waals surface area (Å²) in [6.45, 7) is 10.1. The summed E-state index contributed by atoms with van der Waals surface area (Å²) in [7, 11) is 0. The SMILES string of the molecule is CC(C)NC(=O)O[C@H]1CC[C@@H](c2cc(NC(=O)OCc3ccccc3)n(C(C)(C)C)n2)C1. The number of nitrogens with zero attached hydrogens (tertiary/aromatic N) is 2. The summed E-state index contributed by atoms with van der Waals surface area (Å²) in [5, 5.41) is 10.4. The highest BCUT2D eigenvalue weighted by Gasteiger charge is 2.32. The molecule has 3 rings (SSSR count). The first-order valence-corrected chi connectivity index (χ1v) is 11.2. The van der Waals surface area contributed by atoms with Gasteiger partial charge in [0.2, 0.25) is 0 Å². The van der Waals surface area contributed by atoms with E-state index in [0.717, 1.165) is 24.1 Å². The van der Waals surface area contributed by atoms with Gasteiger partial charge in [-0.25, -0.2) is 14.3 Å². The lowest BCUT2D eigenvalue weighted by Gasteiger charge is -2.22. The van der Waals surface area contributed by atoms with Gasteiger partial charge in [-0.05, 0) is 59.4 Å². The Bertz CT molecular complexity index is 918. The van der Waals surface area contributed by atoms with E-state index in [2.05, 4.69) is 10.6 Å². The van der Waals surface area contributed by atoms with Crippen LogP contribution in [0.25, 0.3) is 0 Å². The first-order valence-electron chi connectivity index (χ1n) is 11.2. The first-order chi connectivity index (χ1) is 15.1. The third kappa shape index (κ3) is 6.48. The highest BCUT2D eigenvalue weighted by Crippen LogP contribution is 2.37. The summed E-state index contributed by atoms with van der Waals surface area (Å²) < 4.78 is 12.7. The van der Waals surface area contributed by atoms with Gasteiger partial charge in [-0.3, -0.25) is 5.32 Å². The van der Waals surface area contributed by atoms with Gasteiger partial charge in [0, 0.05) is 18.0 Å². The molecule has 0 spiro atoms. The molecule has 1 fully saturated rings. The quantitative estimate of drug-likeness (QED) is 0.645. The van der Waals surface area contributed by atoms with Crippen molar-refractivity contribution in [1.29, 1.82) is 0 Å². The van der Waals surface area contributed by atoms with E-state index in [1.807, 2.05) is 75.7 Å². The highest BCUT2D eigenvalue weighted by atomic mass is 16.6. The molecule has 1 aromatic heterocycles. The van der Waals surface area contributed by atoms with Crippen molar-refractivity contribution in [1.82, 2.24) is 15.1 Å². The van der Waals surface area contributed by atoms with E-state index in [-0.39, 0.29) is 36.3 Å². The smallest absolute Gasteiger partial charge is 0.413 e. The molecule has 1 aromatic carbocycles. The van der Waals surface area contributed by atoms with Crippen LogP contribution in [-0.2, 0) is 21.6 Å². The number of nitrogens with one attached hydrogen (secondary N) is 2. The van der Waals surface area contributed by atoms with Crippen molar-refractivity contribution in [2.75, 3.05) is 5.32 Å². The molecule has 2 N–H and O–H groups in total. The van der Waals surface area contributed by atoms with Crippen LogP contribution in [0.2, 0.25) is 0 Å². The lowest BCUT2D eigenvalue weighted by Crippen LogP contribution is -2.33. The van der Waals surface area contributed by atoms with E-state index < -0.39 is 6.09 Å². The second-order valence-electron chi connectivity index (χ2n) is 9.56. The van der Waals surface area contributed by atoms with Crippen LogP contribution in [0.1, 0.15) is 71.1 Å². The van der Waals surface area contributed by atoms with Gasteiger partial charge in [-0.1, -0.05) is 30.3 Å². The maximum Gasteiger partial charge on any atom is 0.413 e. The average Bonchev–Trinajstić information content (AvgIpc) is 3.33. The number of anilines is 1. The third-order valence-corrected chi connectivity index (χ3v) is 5.29. The van der Waals surface area contributed by atoms with Crippen LogP contribution in [0.15, 0.2) is 36.4 Å². The number of alkyl carbamates (subject to hydrolysis) is 1. The number of carbonyl (C=O) groups is 2. The van der Waals surface area contributed by atoms with E-state index in [1.165, 1.54) is 0 Å². The summed E-state index contributed by atoms with van der Waals surface area (Å²) in [5.41, 5.74) is 1.48. The topological polar surface area (TPSA) is 94.5 Å². The number of rotatable bonds is 6. The van der Waals surface area contributed by atoms with E-state index in [0.29, 0.717) is 12.2 Å². The van der Waals surface area contributed by atoms with Crippen LogP contribution >= 0.6 is 0 Å². The van der Waals surface area contributed by atoms with Crippen LogP contribution in [0, 0.1) is 0 Å². The second kappa shape index (κ2) is 10.1. The van der Waals surface area contributed by atoms with Gasteiger partial charge >= 0.3 is 12.2 Å². The summed E-state index contributed by atoms with van der Waals surface area (Å²) in [6, 6.07) is 11.5. The number of hydrogen-bond acceptors (Lipinski definition) is 5. The predicted molar refractivity (Wildman–Crippen MR) is 123 cm³/mol. The zero-order valence-corrected chi connectivity index (χ0v) is 19.6. The normalized spacial score (nSPS) is 18.4. The molecule has 0 saturated heterocycles. The molecule has 174 valence electrons. The van der Waals surface area contributed by atoms with Gasteiger partial charge in [-0.2, -0.15) is 5.10 Å². The largest absolute Gasteiger partial charge is 0.446 e. The zero-order valence-electron chi connectivity index (χ0n) is 19.6. The van der Waals surface area contributed by atoms with Crippen molar-refractivity contribution in [3.05, 3.63) is 47.7 Å². The van der Waals surface area contributed by atoms with E-state index in [9.17, 15) is 9.59 Å². The fourth-order valence-electron chi connectivity index (χ4n) is 3.80. The van der Waals surface area contributed by atoms with Crippen LogP contribution in [0.5, 0.6) is 0 Å². The van der Waals surface area contributed by atoms with Crippen molar-refractivity contribution < 1.29 is 19.1 Å². The second-order valence-corrected chi connectivity index (χ2v) is 9.56. The maximum atomic E-state index is 12.4. The predicted octanol–water partition coefficient (Wildman–Crippen LogP) is 5.16. The number of amides is 2. The van der Waals surface area contributed by atoms with Gasteiger partial charge in [0.1, 0.15) is 18.5 Å². The van der Waals surface area contributed by atoms with E-state index in [1.54, 1.807) is 0 Å². The minimum absolute atomic E-state index is 0.0393. The number of hydrogen-bond donors (Lipinski definition) is 2.